The maximum Gasteiger partial charge on any atom is 0.255 e. The van der Waals surface area contributed by atoms with Crippen molar-refractivity contribution in [1.82, 2.24) is 4.90 Å². The first-order chi connectivity index (χ1) is 17.4. The summed E-state index contributed by atoms with van der Waals surface area (Å²) in [7, 11) is -3.84. The molecule has 1 amide bonds. The van der Waals surface area contributed by atoms with Crippen LogP contribution in [0.3, 0.4) is 0 Å². The Balaban J connectivity index is 0.00000320. The number of primary sulfonamides is 1. The van der Waals surface area contributed by atoms with Crippen molar-refractivity contribution >= 4 is 44.8 Å². The molecule has 0 radical (unpaired) electrons. The van der Waals surface area contributed by atoms with Crippen LogP contribution in [0.2, 0.25) is 0 Å². The number of likely N-dealkylation sites (tertiary alicyclic amines) is 1. The summed E-state index contributed by atoms with van der Waals surface area (Å²) in [5, 5.41) is 9.52. The van der Waals surface area contributed by atoms with Crippen LogP contribution in [0.25, 0.3) is 21.9 Å². The van der Waals surface area contributed by atoms with Crippen molar-refractivity contribution in [3.63, 3.8) is 0 Å². The zero-order valence-electron chi connectivity index (χ0n) is 20.4. The number of anilines is 1. The quantitative estimate of drug-likeness (QED) is 0.325. The molecule has 6 nitrogen and oxygen atoms in total. The number of piperidine rings is 1. The maximum atomic E-state index is 13.2. The second-order valence-electron chi connectivity index (χ2n) is 9.27. The maximum absolute atomic E-state index is 13.2. The van der Waals surface area contributed by atoms with Crippen molar-refractivity contribution in [3.8, 4) is 11.1 Å². The van der Waals surface area contributed by atoms with E-state index in [9.17, 15) is 13.2 Å². The lowest BCUT2D eigenvalue weighted by atomic mass is 9.96. The summed E-state index contributed by atoms with van der Waals surface area (Å²) in [5.41, 5.74) is 4.58. The number of hydrogen-bond acceptors (Lipinski definition) is 4. The molecule has 1 saturated heterocycles. The fraction of sp³-hybridized carbons (Fsp3) is 0.207. The highest BCUT2D eigenvalue weighted by molar-refractivity contribution is 7.89. The van der Waals surface area contributed by atoms with Crippen molar-refractivity contribution in [1.29, 1.82) is 0 Å². The van der Waals surface area contributed by atoms with Crippen LogP contribution >= 0.6 is 12.4 Å². The molecule has 0 bridgehead atoms. The molecule has 0 unspecified atom stereocenters. The summed E-state index contributed by atoms with van der Waals surface area (Å²) in [6, 6.07) is 26.2. The number of amides is 1. The highest BCUT2D eigenvalue weighted by Gasteiger charge is 2.17. The molecular weight excluding hydrogens is 506 g/mol. The molecule has 1 fully saturated rings. The van der Waals surface area contributed by atoms with E-state index in [1.54, 1.807) is 30.3 Å². The van der Waals surface area contributed by atoms with Crippen LogP contribution in [0.1, 0.15) is 35.2 Å². The molecule has 5 rings (SSSR count). The zero-order chi connectivity index (χ0) is 25.1. The monoisotopic (exact) mass is 535 g/mol. The fourth-order valence-corrected chi connectivity index (χ4v) is 5.67. The van der Waals surface area contributed by atoms with Crippen molar-refractivity contribution in [2.75, 3.05) is 18.4 Å². The topological polar surface area (TPSA) is 92.5 Å². The minimum Gasteiger partial charge on any atom is -0.322 e. The molecule has 192 valence electrons. The van der Waals surface area contributed by atoms with Crippen LogP contribution in [0, 0.1) is 0 Å². The van der Waals surface area contributed by atoms with Gasteiger partial charge in [0.2, 0.25) is 10.0 Å². The van der Waals surface area contributed by atoms with Gasteiger partial charge in [-0.2, -0.15) is 0 Å². The van der Waals surface area contributed by atoms with Crippen LogP contribution in [0.4, 0.5) is 5.69 Å². The summed E-state index contributed by atoms with van der Waals surface area (Å²) < 4.78 is 23.8. The van der Waals surface area contributed by atoms with Crippen LogP contribution in [0.5, 0.6) is 0 Å². The number of carbonyl (C=O) groups is 1. The minimum atomic E-state index is -3.84. The first-order valence-electron chi connectivity index (χ1n) is 12.2. The Hall–Kier alpha value is -3.23. The molecular formula is C29H30ClN3O3S. The lowest BCUT2D eigenvalue weighted by molar-refractivity contribution is 0.102. The summed E-state index contributed by atoms with van der Waals surface area (Å²) in [6.07, 6.45) is 3.68. The Labute approximate surface area is 224 Å². The third-order valence-corrected chi connectivity index (χ3v) is 7.67. The zero-order valence-corrected chi connectivity index (χ0v) is 22.0. The van der Waals surface area contributed by atoms with Crippen molar-refractivity contribution < 1.29 is 13.2 Å². The van der Waals surface area contributed by atoms with Gasteiger partial charge in [-0.05, 0) is 78.3 Å². The van der Waals surface area contributed by atoms with Gasteiger partial charge in [-0.25, -0.2) is 13.6 Å². The number of hydrogen-bond donors (Lipinski definition) is 2. The lowest BCUT2D eigenvalue weighted by Crippen LogP contribution is -2.29. The Kier molecular flexibility index (Phi) is 8.29. The third kappa shape index (κ3) is 6.19. The van der Waals surface area contributed by atoms with E-state index in [4.69, 9.17) is 5.14 Å². The normalized spacial score (nSPS) is 14.2. The van der Waals surface area contributed by atoms with Crippen LogP contribution in [0.15, 0.2) is 89.8 Å². The number of fused-ring (bicyclic) bond motifs is 1. The molecule has 1 heterocycles. The van der Waals surface area contributed by atoms with Crippen molar-refractivity contribution in [2.24, 2.45) is 5.14 Å². The van der Waals surface area contributed by atoms with E-state index >= 15 is 0 Å². The molecule has 0 spiro atoms. The number of halogens is 1. The van der Waals surface area contributed by atoms with E-state index < -0.39 is 10.0 Å². The predicted octanol–water partition coefficient (Wildman–Crippen LogP) is 5.81. The molecule has 8 heteroatoms. The van der Waals surface area contributed by atoms with Crippen LogP contribution < -0.4 is 10.5 Å². The number of nitrogens with two attached hydrogens (primary N) is 1. The Morgan fingerprint density at radius 2 is 1.62 bits per heavy atom. The molecule has 37 heavy (non-hydrogen) atoms. The molecule has 3 N–H and O–H groups in total. The van der Waals surface area contributed by atoms with Crippen LogP contribution in [-0.4, -0.2) is 32.3 Å². The van der Waals surface area contributed by atoms with Gasteiger partial charge in [-0.1, -0.05) is 61.0 Å². The smallest absolute Gasteiger partial charge is 0.255 e. The van der Waals surface area contributed by atoms with Crippen LogP contribution in [-0.2, 0) is 16.6 Å². The summed E-state index contributed by atoms with van der Waals surface area (Å²) >= 11 is 0. The highest BCUT2D eigenvalue weighted by Crippen LogP contribution is 2.28. The summed E-state index contributed by atoms with van der Waals surface area (Å²) in [5.74, 6) is -0.212. The molecule has 0 saturated carbocycles. The van der Waals surface area contributed by atoms with Crippen molar-refractivity contribution in [3.05, 3.63) is 96.1 Å². The molecule has 4 aromatic rings. The number of carbonyl (C=O) groups excluding carboxylic acids is 1. The van der Waals surface area contributed by atoms with E-state index in [0.29, 0.717) is 22.0 Å². The first kappa shape index (κ1) is 26.8. The predicted molar refractivity (Wildman–Crippen MR) is 152 cm³/mol. The van der Waals surface area contributed by atoms with Gasteiger partial charge < -0.3 is 5.32 Å². The number of benzene rings is 4. The standard InChI is InChI=1S/C29H29N3O3S.ClH/c30-36(34,35)28-11-7-10-22-19-25(13-15-27(22)28)31-29(33)23-12-14-26(21-8-3-1-4-9-21)24(18-23)20-32-16-5-2-6-17-32;/h1,3-4,7-15,18-19H,2,5-6,16-17,20H2,(H,31,33)(H2,30,34,35);1H. The molecule has 0 atom stereocenters. The summed E-state index contributed by atoms with van der Waals surface area (Å²) in [6.45, 7) is 2.95. The van der Waals surface area contributed by atoms with Gasteiger partial charge in [0.15, 0.2) is 0 Å². The van der Waals surface area contributed by atoms with E-state index in [-0.39, 0.29) is 23.2 Å². The number of nitrogens with one attached hydrogen (secondary N) is 1. The van der Waals surface area contributed by atoms with Gasteiger partial charge in [0, 0.05) is 23.2 Å². The number of nitrogens with zero attached hydrogens (tertiary/aromatic N) is 1. The third-order valence-electron chi connectivity index (χ3n) is 6.70. The highest BCUT2D eigenvalue weighted by atomic mass is 35.5. The van der Waals surface area contributed by atoms with Gasteiger partial charge in [-0.15, -0.1) is 12.4 Å². The largest absolute Gasteiger partial charge is 0.322 e. The lowest BCUT2D eigenvalue weighted by Gasteiger charge is -2.27. The molecule has 1 aliphatic heterocycles. The minimum absolute atomic E-state index is 0. The van der Waals surface area contributed by atoms with Gasteiger partial charge in [-0.3, -0.25) is 9.69 Å². The van der Waals surface area contributed by atoms with E-state index in [2.05, 4.69) is 22.3 Å². The van der Waals surface area contributed by atoms with Gasteiger partial charge in [0.1, 0.15) is 0 Å². The summed E-state index contributed by atoms with van der Waals surface area (Å²) in [4.78, 5) is 15.8. The van der Waals surface area contributed by atoms with Gasteiger partial charge in [0.25, 0.3) is 5.91 Å². The van der Waals surface area contributed by atoms with E-state index in [1.165, 1.54) is 25.3 Å². The molecule has 1 aliphatic rings. The Morgan fingerprint density at radius 3 is 2.35 bits per heavy atom. The van der Waals surface area contributed by atoms with Gasteiger partial charge in [0.05, 0.1) is 4.90 Å². The van der Waals surface area contributed by atoms with Gasteiger partial charge >= 0.3 is 0 Å². The van der Waals surface area contributed by atoms with E-state index in [1.807, 2.05) is 36.4 Å². The SMILES string of the molecule is Cl.NS(=O)(=O)c1cccc2cc(NC(=O)c3ccc(-c4ccccc4)c(CN4CCCCC4)c3)ccc12. The first-order valence-corrected chi connectivity index (χ1v) is 13.7. The molecule has 0 aliphatic carbocycles. The van der Waals surface area contributed by atoms with E-state index in [0.717, 1.165) is 36.3 Å². The fourth-order valence-electron chi connectivity index (χ4n) is 4.91. The number of rotatable bonds is 6. The average molecular weight is 536 g/mol. The number of sulfonamides is 1. The average Bonchev–Trinajstić information content (AvgIpc) is 2.89. The van der Waals surface area contributed by atoms with Crippen molar-refractivity contribution in [2.45, 2.75) is 30.7 Å². The Morgan fingerprint density at radius 1 is 0.865 bits per heavy atom. The Bertz CT molecular complexity index is 1520. The second-order valence-corrected chi connectivity index (χ2v) is 10.8. The second kappa shape index (κ2) is 11.4. The molecule has 0 aromatic heterocycles. The molecule has 4 aromatic carbocycles.